The second-order valence-electron chi connectivity index (χ2n) is 5.59. The minimum Gasteiger partial charge on any atom is -0.489 e. The highest BCUT2D eigenvalue weighted by atomic mass is 19.4. The van der Waals surface area contributed by atoms with Gasteiger partial charge in [0.15, 0.2) is 11.5 Å². The molecule has 6 heteroatoms. The number of benzene rings is 2. The SMILES string of the molecule is Nc1cccc(-c2ccc(OC(F)(F)F)c(OCC3CC3)c2)c1. The summed E-state index contributed by atoms with van der Waals surface area (Å²) in [4.78, 5) is 0. The molecule has 0 saturated heterocycles. The van der Waals surface area contributed by atoms with Gasteiger partial charge in [-0.25, -0.2) is 0 Å². The standard InChI is InChI=1S/C17H16F3NO2/c18-17(19,20)23-15-7-6-13(12-2-1-3-14(21)8-12)9-16(15)22-10-11-4-5-11/h1-3,6-9,11H,4-5,10,21H2. The summed E-state index contributed by atoms with van der Waals surface area (Å²) in [5.74, 6) is 0.185. The van der Waals surface area contributed by atoms with Gasteiger partial charge in [0, 0.05) is 5.69 Å². The molecule has 1 aliphatic carbocycles. The van der Waals surface area contributed by atoms with E-state index in [4.69, 9.17) is 10.5 Å². The number of nitrogen functional groups attached to an aromatic ring is 1. The molecule has 0 heterocycles. The van der Waals surface area contributed by atoms with Gasteiger partial charge in [-0.05, 0) is 54.2 Å². The van der Waals surface area contributed by atoms with E-state index in [0.717, 1.165) is 24.0 Å². The van der Waals surface area contributed by atoms with Crippen molar-refractivity contribution in [3.05, 3.63) is 42.5 Å². The minimum absolute atomic E-state index is 0.0918. The Balaban J connectivity index is 1.90. The first-order chi connectivity index (χ1) is 10.9. The third-order valence-corrected chi connectivity index (χ3v) is 3.56. The van der Waals surface area contributed by atoms with Crippen LogP contribution in [-0.2, 0) is 0 Å². The molecule has 0 amide bonds. The van der Waals surface area contributed by atoms with Gasteiger partial charge >= 0.3 is 6.36 Å². The third kappa shape index (κ3) is 4.31. The number of hydrogen-bond donors (Lipinski definition) is 1. The van der Waals surface area contributed by atoms with E-state index in [9.17, 15) is 13.2 Å². The smallest absolute Gasteiger partial charge is 0.489 e. The highest BCUT2D eigenvalue weighted by Crippen LogP contribution is 2.38. The Labute approximate surface area is 131 Å². The van der Waals surface area contributed by atoms with Crippen LogP contribution in [-0.4, -0.2) is 13.0 Å². The van der Waals surface area contributed by atoms with Crippen LogP contribution in [0, 0.1) is 5.92 Å². The lowest BCUT2D eigenvalue weighted by atomic mass is 10.0. The second kappa shape index (κ2) is 6.02. The Morgan fingerprint density at radius 1 is 1.00 bits per heavy atom. The second-order valence-corrected chi connectivity index (χ2v) is 5.59. The fourth-order valence-corrected chi connectivity index (χ4v) is 2.22. The maximum atomic E-state index is 12.5. The fraction of sp³-hybridized carbons (Fsp3) is 0.294. The van der Waals surface area contributed by atoms with Crippen molar-refractivity contribution in [1.29, 1.82) is 0 Å². The molecule has 23 heavy (non-hydrogen) atoms. The van der Waals surface area contributed by atoms with E-state index < -0.39 is 6.36 Å². The van der Waals surface area contributed by atoms with Gasteiger partial charge in [0.2, 0.25) is 0 Å². The van der Waals surface area contributed by atoms with Crippen LogP contribution in [0.4, 0.5) is 18.9 Å². The zero-order chi connectivity index (χ0) is 16.4. The molecule has 0 spiro atoms. The summed E-state index contributed by atoms with van der Waals surface area (Å²) in [6, 6.07) is 11.5. The number of anilines is 1. The highest BCUT2D eigenvalue weighted by molar-refractivity contribution is 5.70. The van der Waals surface area contributed by atoms with E-state index in [2.05, 4.69) is 4.74 Å². The summed E-state index contributed by atoms with van der Waals surface area (Å²) in [6.45, 7) is 0.397. The zero-order valence-electron chi connectivity index (χ0n) is 12.3. The van der Waals surface area contributed by atoms with Crippen LogP contribution < -0.4 is 15.2 Å². The fourth-order valence-electron chi connectivity index (χ4n) is 2.22. The Hall–Kier alpha value is -2.37. The first-order valence-corrected chi connectivity index (χ1v) is 7.29. The van der Waals surface area contributed by atoms with Crippen LogP contribution in [0.15, 0.2) is 42.5 Å². The number of ether oxygens (including phenoxy) is 2. The predicted octanol–water partition coefficient (Wildman–Crippen LogP) is 4.62. The molecule has 0 atom stereocenters. The predicted molar refractivity (Wildman–Crippen MR) is 81.2 cm³/mol. The Morgan fingerprint density at radius 2 is 1.74 bits per heavy atom. The molecule has 0 aliphatic heterocycles. The lowest BCUT2D eigenvalue weighted by Gasteiger charge is -2.15. The number of rotatable bonds is 5. The summed E-state index contributed by atoms with van der Waals surface area (Å²) >= 11 is 0. The molecular formula is C17H16F3NO2. The Bertz CT molecular complexity index is 696. The first kappa shape index (κ1) is 15.5. The van der Waals surface area contributed by atoms with Crippen molar-refractivity contribution in [2.75, 3.05) is 12.3 Å². The van der Waals surface area contributed by atoms with Crippen molar-refractivity contribution >= 4 is 5.69 Å². The molecule has 3 rings (SSSR count). The molecule has 0 unspecified atom stereocenters. The van der Waals surface area contributed by atoms with Crippen molar-refractivity contribution in [2.45, 2.75) is 19.2 Å². The summed E-state index contributed by atoms with van der Waals surface area (Å²) in [5.41, 5.74) is 7.86. The van der Waals surface area contributed by atoms with Crippen LogP contribution in [0.5, 0.6) is 11.5 Å². The van der Waals surface area contributed by atoms with Crippen molar-refractivity contribution in [1.82, 2.24) is 0 Å². The summed E-state index contributed by atoms with van der Waals surface area (Å²) in [5, 5.41) is 0. The van der Waals surface area contributed by atoms with Gasteiger partial charge in [0.25, 0.3) is 0 Å². The average molecular weight is 323 g/mol. The molecule has 3 nitrogen and oxygen atoms in total. The maximum absolute atomic E-state index is 12.5. The van der Waals surface area contributed by atoms with Crippen LogP contribution in [0.3, 0.4) is 0 Å². The summed E-state index contributed by atoms with van der Waals surface area (Å²) in [6.07, 6.45) is -2.66. The zero-order valence-corrected chi connectivity index (χ0v) is 12.3. The number of halogens is 3. The maximum Gasteiger partial charge on any atom is 0.573 e. The van der Waals surface area contributed by atoms with Gasteiger partial charge < -0.3 is 15.2 Å². The van der Waals surface area contributed by atoms with E-state index in [1.165, 1.54) is 6.07 Å². The molecule has 2 aromatic rings. The molecule has 0 bridgehead atoms. The largest absolute Gasteiger partial charge is 0.573 e. The topological polar surface area (TPSA) is 44.5 Å². The van der Waals surface area contributed by atoms with Crippen molar-refractivity contribution in [3.8, 4) is 22.6 Å². The van der Waals surface area contributed by atoms with Crippen molar-refractivity contribution < 1.29 is 22.6 Å². The van der Waals surface area contributed by atoms with Crippen molar-refractivity contribution in [2.24, 2.45) is 5.92 Å². The molecular weight excluding hydrogens is 307 g/mol. The molecule has 0 aromatic heterocycles. The summed E-state index contributed by atoms with van der Waals surface area (Å²) < 4.78 is 47.1. The van der Waals surface area contributed by atoms with Gasteiger partial charge in [0.05, 0.1) is 6.61 Å². The molecule has 1 fully saturated rings. The molecule has 1 saturated carbocycles. The Kier molecular flexibility index (Phi) is 4.07. The van der Waals surface area contributed by atoms with Crippen LogP contribution in [0.1, 0.15) is 12.8 Å². The molecule has 2 aromatic carbocycles. The van der Waals surface area contributed by atoms with Gasteiger partial charge in [0.1, 0.15) is 0 Å². The van der Waals surface area contributed by atoms with Crippen molar-refractivity contribution in [3.63, 3.8) is 0 Å². The quantitative estimate of drug-likeness (QED) is 0.816. The van der Waals surface area contributed by atoms with E-state index in [0.29, 0.717) is 18.2 Å². The number of alkyl halides is 3. The van der Waals surface area contributed by atoms with E-state index in [1.807, 2.05) is 6.07 Å². The Morgan fingerprint density at radius 3 is 2.39 bits per heavy atom. The molecule has 2 N–H and O–H groups in total. The van der Waals surface area contributed by atoms with Crippen LogP contribution in [0.2, 0.25) is 0 Å². The molecule has 0 radical (unpaired) electrons. The highest BCUT2D eigenvalue weighted by Gasteiger charge is 2.33. The average Bonchev–Trinajstić information content (AvgIpc) is 3.29. The number of nitrogens with two attached hydrogens (primary N) is 1. The number of hydrogen-bond acceptors (Lipinski definition) is 3. The van der Waals surface area contributed by atoms with Crippen LogP contribution in [0.25, 0.3) is 11.1 Å². The van der Waals surface area contributed by atoms with Gasteiger partial charge in [-0.15, -0.1) is 13.2 Å². The van der Waals surface area contributed by atoms with Crippen LogP contribution >= 0.6 is 0 Å². The monoisotopic (exact) mass is 323 g/mol. The van der Waals surface area contributed by atoms with E-state index in [-0.39, 0.29) is 11.5 Å². The van der Waals surface area contributed by atoms with Gasteiger partial charge in [-0.1, -0.05) is 18.2 Å². The normalized spacial score (nSPS) is 14.6. The van der Waals surface area contributed by atoms with Gasteiger partial charge in [-0.3, -0.25) is 0 Å². The third-order valence-electron chi connectivity index (χ3n) is 3.56. The molecule has 1 aliphatic rings. The van der Waals surface area contributed by atoms with E-state index >= 15 is 0 Å². The first-order valence-electron chi connectivity index (χ1n) is 7.29. The minimum atomic E-state index is -4.75. The molecule has 122 valence electrons. The van der Waals surface area contributed by atoms with E-state index in [1.54, 1.807) is 30.3 Å². The lowest BCUT2D eigenvalue weighted by molar-refractivity contribution is -0.275. The van der Waals surface area contributed by atoms with Gasteiger partial charge in [-0.2, -0.15) is 0 Å². The summed E-state index contributed by atoms with van der Waals surface area (Å²) in [7, 11) is 0. The lowest BCUT2D eigenvalue weighted by Crippen LogP contribution is -2.18.